The van der Waals surface area contributed by atoms with Gasteiger partial charge in [-0.1, -0.05) is 12.1 Å². The molecule has 1 N–H and O–H groups in total. The lowest BCUT2D eigenvalue weighted by Gasteiger charge is -2.15. The van der Waals surface area contributed by atoms with Gasteiger partial charge in [-0.3, -0.25) is 9.67 Å². The highest BCUT2D eigenvalue weighted by molar-refractivity contribution is 7.90. The van der Waals surface area contributed by atoms with Crippen molar-refractivity contribution < 1.29 is 21.6 Å². The fourth-order valence-electron chi connectivity index (χ4n) is 2.87. The second-order valence-corrected chi connectivity index (χ2v) is 8.69. The molecule has 0 fully saturated rings. The maximum absolute atomic E-state index is 13.6. The van der Waals surface area contributed by atoms with E-state index in [2.05, 4.69) is 15.4 Å². The highest BCUT2D eigenvalue weighted by Crippen LogP contribution is 2.37. The molecule has 0 saturated carbocycles. The molecular weight excluding hydrogens is 405 g/mol. The van der Waals surface area contributed by atoms with Crippen LogP contribution in [0.2, 0.25) is 0 Å². The van der Waals surface area contributed by atoms with Crippen LogP contribution in [-0.4, -0.2) is 29.4 Å². The standard InChI is InChI=1S/C19H19F3N4O2S/c1-12-14(11-26(2)25-12)9-23-18-10-24-17(8-16(18)19(20,21)22)13-4-6-15(7-5-13)29(3,27)28/h4-8,10-11,23H,9H2,1-3H3. The summed E-state index contributed by atoms with van der Waals surface area (Å²) >= 11 is 0. The highest BCUT2D eigenvalue weighted by Gasteiger charge is 2.34. The van der Waals surface area contributed by atoms with Gasteiger partial charge in [0.1, 0.15) is 0 Å². The summed E-state index contributed by atoms with van der Waals surface area (Å²) in [4.78, 5) is 4.21. The van der Waals surface area contributed by atoms with Crippen LogP contribution < -0.4 is 5.32 Å². The lowest BCUT2D eigenvalue weighted by atomic mass is 10.1. The molecule has 3 rings (SSSR count). The van der Waals surface area contributed by atoms with E-state index in [9.17, 15) is 21.6 Å². The van der Waals surface area contributed by atoms with Crippen molar-refractivity contribution >= 4 is 15.5 Å². The first kappa shape index (κ1) is 20.8. The minimum absolute atomic E-state index is 0.0856. The zero-order valence-corrected chi connectivity index (χ0v) is 16.8. The summed E-state index contributed by atoms with van der Waals surface area (Å²) in [5.41, 5.74) is 0.997. The van der Waals surface area contributed by atoms with Gasteiger partial charge in [0.15, 0.2) is 9.84 Å². The predicted octanol–water partition coefficient (Wildman–Crippen LogP) is 3.82. The van der Waals surface area contributed by atoms with E-state index in [0.717, 1.165) is 29.8 Å². The monoisotopic (exact) mass is 424 g/mol. The van der Waals surface area contributed by atoms with Gasteiger partial charge in [0.25, 0.3) is 0 Å². The summed E-state index contributed by atoms with van der Waals surface area (Å²) in [5, 5.41) is 6.95. The van der Waals surface area contributed by atoms with Gasteiger partial charge in [-0.25, -0.2) is 8.42 Å². The number of hydrogen-bond donors (Lipinski definition) is 1. The van der Waals surface area contributed by atoms with Crippen molar-refractivity contribution in [2.45, 2.75) is 24.5 Å². The zero-order chi connectivity index (χ0) is 21.4. The molecule has 0 saturated heterocycles. The quantitative estimate of drug-likeness (QED) is 0.674. The molecule has 0 aliphatic carbocycles. The van der Waals surface area contributed by atoms with Gasteiger partial charge >= 0.3 is 6.18 Å². The summed E-state index contributed by atoms with van der Waals surface area (Å²) in [6, 6.07) is 6.51. The Bertz CT molecular complexity index is 1140. The van der Waals surface area contributed by atoms with Gasteiger partial charge in [-0.15, -0.1) is 0 Å². The molecule has 2 heterocycles. The minimum Gasteiger partial charge on any atom is -0.379 e. The highest BCUT2D eigenvalue weighted by atomic mass is 32.2. The van der Waals surface area contributed by atoms with E-state index in [1.165, 1.54) is 24.3 Å². The van der Waals surface area contributed by atoms with Crippen LogP contribution in [0.4, 0.5) is 18.9 Å². The van der Waals surface area contributed by atoms with Crippen molar-refractivity contribution in [3.63, 3.8) is 0 Å². The number of aromatic nitrogens is 3. The number of sulfone groups is 1. The summed E-state index contributed by atoms with van der Waals surface area (Å²) in [7, 11) is -1.65. The van der Waals surface area contributed by atoms with Gasteiger partial charge in [-0.05, 0) is 25.1 Å². The topological polar surface area (TPSA) is 76.9 Å². The number of pyridine rings is 1. The van der Waals surface area contributed by atoms with Crippen molar-refractivity contribution in [1.82, 2.24) is 14.8 Å². The van der Waals surface area contributed by atoms with Crippen LogP contribution in [0, 0.1) is 6.92 Å². The first-order chi connectivity index (χ1) is 13.4. The van der Waals surface area contributed by atoms with Crippen molar-refractivity contribution in [3.8, 4) is 11.3 Å². The fraction of sp³-hybridized carbons (Fsp3) is 0.263. The van der Waals surface area contributed by atoms with Gasteiger partial charge < -0.3 is 5.32 Å². The number of anilines is 1. The van der Waals surface area contributed by atoms with E-state index in [1.54, 1.807) is 24.9 Å². The molecule has 0 unspecified atom stereocenters. The molecule has 0 amide bonds. The number of hydrogen-bond acceptors (Lipinski definition) is 5. The Morgan fingerprint density at radius 1 is 1.17 bits per heavy atom. The zero-order valence-electron chi connectivity index (χ0n) is 15.9. The van der Waals surface area contributed by atoms with Gasteiger partial charge in [0.2, 0.25) is 0 Å². The molecule has 0 radical (unpaired) electrons. The lowest BCUT2D eigenvalue weighted by Crippen LogP contribution is -2.12. The Morgan fingerprint density at radius 2 is 1.83 bits per heavy atom. The summed E-state index contributed by atoms with van der Waals surface area (Å²) in [6.07, 6.45) is -0.655. The molecule has 154 valence electrons. The number of alkyl halides is 3. The predicted molar refractivity (Wildman–Crippen MR) is 103 cm³/mol. The molecule has 6 nitrogen and oxygen atoms in total. The second kappa shape index (κ2) is 7.51. The molecule has 2 aromatic heterocycles. The minimum atomic E-state index is -4.59. The molecule has 0 atom stereocenters. The Kier molecular flexibility index (Phi) is 5.40. The van der Waals surface area contributed by atoms with Crippen LogP contribution in [0.1, 0.15) is 16.8 Å². The number of nitrogens with zero attached hydrogens (tertiary/aromatic N) is 3. The molecule has 1 aromatic carbocycles. The molecule has 3 aromatic rings. The Labute approximate surface area is 166 Å². The second-order valence-electron chi connectivity index (χ2n) is 6.68. The fourth-order valence-corrected chi connectivity index (χ4v) is 3.50. The molecular formula is C19H19F3N4O2S. The van der Waals surface area contributed by atoms with E-state index in [0.29, 0.717) is 5.56 Å². The maximum Gasteiger partial charge on any atom is 0.418 e. The van der Waals surface area contributed by atoms with Gasteiger partial charge in [-0.2, -0.15) is 18.3 Å². The first-order valence-corrected chi connectivity index (χ1v) is 10.4. The van der Waals surface area contributed by atoms with Crippen LogP contribution in [-0.2, 0) is 29.6 Å². The summed E-state index contributed by atoms with van der Waals surface area (Å²) < 4.78 is 65.5. The average Bonchev–Trinajstić information content (AvgIpc) is 2.96. The van der Waals surface area contributed by atoms with Crippen molar-refractivity contribution in [1.29, 1.82) is 0 Å². The van der Waals surface area contributed by atoms with Crippen LogP contribution in [0.25, 0.3) is 11.3 Å². The summed E-state index contributed by atoms with van der Waals surface area (Å²) in [5.74, 6) is 0. The SMILES string of the molecule is Cc1nn(C)cc1CNc1cnc(-c2ccc(S(C)(=O)=O)cc2)cc1C(F)(F)F. The number of benzene rings is 1. The third kappa shape index (κ3) is 4.76. The van der Waals surface area contributed by atoms with Gasteiger partial charge in [0, 0.05) is 37.2 Å². The van der Waals surface area contributed by atoms with E-state index in [1.807, 2.05) is 0 Å². The molecule has 29 heavy (non-hydrogen) atoms. The van der Waals surface area contributed by atoms with E-state index in [-0.39, 0.29) is 22.8 Å². The van der Waals surface area contributed by atoms with Crippen molar-refractivity contribution in [2.75, 3.05) is 11.6 Å². The third-order valence-electron chi connectivity index (χ3n) is 4.37. The van der Waals surface area contributed by atoms with Crippen molar-refractivity contribution in [3.05, 3.63) is 59.5 Å². The number of rotatable bonds is 5. The molecule has 10 heteroatoms. The van der Waals surface area contributed by atoms with Crippen LogP contribution in [0.3, 0.4) is 0 Å². The average molecular weight is 424 g/mol. The first-order valence-electron chi connectivity index (χ1n) is 8.56. The van der Waals surface area contributed by atoms with Crippen LogP contribution >= 0.6 is 0 Å². The number of aryl methyl sites for hydroxylation is 2. The van der Waals surface area contributed by atoms with Crippen molar-refractivity contribution in [2.24, 2.45) is 7.05 Å². The Balaban J connectivity index is 1.93. The smallest absolute Gasteiger partial charge is 0.379 e. The molecule has 0 aliphatic rings. The Morgan fingerprint density at radius 3 is 2.34 bits per heavy atom. The normalized spacial score (nSPS) is 12.2. The maximum atomic E-state index is 13.6. The van der Waals surface area contributed by atoms with Crippen LogP contribution in [0.15, 0.2) is 47.6 Å². The summed E-state index contributed by atoms with van der Waals surface area (Å²) in [6.45, 7) is 1.95. The van der Waals surface area contributed by atoms with E-state index < -0.39 is 21.6 Å². The van der Waals surface area contributed by atoms with E-state index >= 15 is 0 Å². The molecule has 0 bridgehead atoms. The molecule has 0 spiro atoms. The van der Waals surface area contributed by atoms with Gasteiger partial charge in [0.05, 0.1) is 33.7 Å². The Hall–Kier alpha value is -2.88. The third-order valence-corrected chi connectivity index (χ3v) is 5.50. The molecule has 0 aliphatic heterocycles. The number of halogens is 3. The largest absolute Gasteiger partial charge is 0.418 e. The number of nitrogens with one attached hydrogen (secondary N) is 1. The lowest BCUT2D eigenvalue weighted by molar-refractivity contribution is -0.137. The van der Waals surface area contributed by atoms with E-state index in [4.69, 9.17) is 0 Å². The van der Waals surface area contributed by atoms with Crippen LogP contribution in [0.5, 0.6) is 0 Å².